The molecule has 140 valence electrons. The minimum atomic E-state index is -0.232. The number of aromatic nitrogens is 1. The van der Waals surface area contributed by atoms with Gasteiger partial charge in [0.1, 0.15) is 11.9 Å². The van der Waals surface area contributed by atoms with Crippen LogP contribution in [0.3, 0.4) is 0 Å². The van der Waals surface area contributed by atoms with Crippen LogP contribution >= 0.6 is 11.3 Å². The quantitative estimate of drug-likeness (QED) is 0.655. The van der Waals surface area contributed by atoms with Gasteiger partial charge < -0.3 is 15.0 Å². The summed E-state index contributed by atoms with van der Waals surface area (Å²) in [7, 11) is 0. The van der Waals surface area contributed by atoms with Gasteiger partial charge in [-0.05, 0) is 38.5 Å². The lowest BCUT2D eigenvalue weighted by atomic mass is 10.1. The standard InChI is InChI=1S/C19H25FN4OS/c1-4-21-19(23-10-17-9-22-14(3)26-17)24-11-13(2)25-18(12-24)15-5-7-16(20)8-6-15/h5-9,13,18H,4,10-12H2,1-3H3,(H,21,23). The summed E-state index contributed by atoms with van der Waals surface area (Å²) in [6.07, 6.45) is 1.85. The van der Waals surface area contributed by atoms with Crippen LogP contribution in [0.25, 0.3) is 0 Å². The second kappa shape index (κ2) is 8.60. The molecular formula is C19H25FN4OS. The molecule has 1 aliphatic heterocycles. The van der Waals surface area contributed by atoms with E-state index in [-0.39, 0.29) is 18.0 Å². The van der Waals surface area contributed by atoms with Crippen LogP contribution in [0.15, 0.2) is 35.5 Å². The van der Waals surface area contributed by atoms with Crippen molar-refractivity contribution in [3.8, 4) is 0 Å². The number of halogens is 1. The summed E-state index contributed by atoms with van der Waals surface area (Å²) < 4.78 is 19.3. The first-order chi connectivity index (χ1) is 12.5. The number of benzene rings is 1. The fourth-order valence-electron chi connectivity index (χ4n) is 3.04. The van der Waals surface area contributed by atoms with Crippen LogP contribution in [0.4, 0.5) is 4.39 Å². The molecule has 1 aromatic carbocycles. The van der Waals surface area contributed by atoms with Gasteiger partial charge in [0, 0.05) is 24.2 Å². The van der Waals surface area contributed by atoms with Gasteiger partial charge in [-0.15, -0.1) is 11.3 Å². The predicted molar refractivity (Wildman–Crippen MR) is 103 cm³/mol. The Morgan fingerprint density at radius 2 is 2.15 bits per heavy atom. The van der Waals surface area contributed by atoms with E-state index in [2.05, 4.69) is 29.0 Å². The van der Waals surface area contributed by atoms with Gasteiger partial charge in [-0.1, -0.05) is 12.1 Å². The molecule has 1 aliphatic rings. The van der Waals surface area contributed by atoms with Gasteiger partial charge in [0.15, 0.2) is 5.96 Å². The molecular weight excluding hydrogens is 351 g/mol. The summed E-state index contributed by atoms with van der Waals surface area (Å²) in [4.78, 5) is 12.4. The van der Waals surface area contributed by atoms with Crippen molar-refractivity contribution < 1.29 is 9.13 Å². The highest BCUT2D eigenvalue weighted by atomic mass is 32.1. The molecule has 2 atom stereocenters. The Morgan fingerprint density at radius 3 is 2.81 bits per heavy atom. The zero-order chi connectivity index (χ0) is 18.5. The van der Waals surface area contributed by atoms with Gasteiger partial charge in [0.05, 0.1) is 24.2 Å². The van der Waals surface area contributed by atoms with Gasteiger partial charge in [-0.2, -0.15) is 0 Å². The minimum Gasteiger partial charge on any atom is -0.367 e. The zero-order valence-electron chi connectivity index (χ0n) is 15.4. The highest BCUT2D eigenvalue weighted by Crippen LogP contribution is 2.25. The number of aryl methyl sites for hydroxylation is 1. The summed E-state index contributed by atoms with van der Waals surface area (Å²) in [6, 6.07) is 6.54. The van der Waals surface area contributed by atoms with E-state index >= 15 is 0 Å². The average Bonchev–Trinajstić information content (AvgIpc) is 3.04. The normalized spacial score (nSPS) is 21.1. The Bertz CT molecular complexity index is 746. The summed E-state index contributed by atoms with van der Waals surface area (Å²) in [5.74, 6) is 0.644. The molecule has 26 heavy (non-hydrogen) atoms. The molecule has 1 saturated heterocycles. The van der Waals surface area contributed by atoms with Crippen LogP contribution in [-0.4, -0.2) is 41.6 Å². The van der Waals surface area contributed by atoms with Gasteiger partial charge in [-0.25, -0.2) is 14.4 Å². The van der Waals surface area contributed by atoms with Crippen molar-refractivity contribution in [1.29, 1.82) is 0 Å². The third-order valence-electron chi connectivity index (χ3n) is 4.19. The first kappa shape index (κ1) is 18.8. The molecule has 2 aromatic rings. The summed E-state index contributed by atoms with van der Waals surface area (Å²) >= 11 is 1.67. The van der Waals surface area contributed by atoms with E-state index in [1.54, 1.807) is 23.5 Å². The molecule has 1 aromatic heterocycles. The molecule has 0 amide bonds. The van der Waals surface area contributed by atoms with Gasteiger partial charge in [-0.3, -0.25) is 0 Å². The number of nitrogens with zero attached hydrogens (tertiary/aromatic N) is 3. The summed E-state index contributed by atoms with van der Waals surface area (Å²) in [6.45, 7) is 8.98. The maximum Gasteiger partial charge on any atom is 0.194 e. The summed E-state index contributed by atoms with van der Waals surface area (Å²) in [5.41, 5.74) is 0.983. The molecule has 7 heteroatoms. The maximum atomic E-state index is 13.2. The molecule has 2 heterocycles. The van der Waals surface area contributed by atoms with Crippen LogP contribution in [0, 0.1) is 12.7 Å². The molecule has 0 bridgehead atoms. The lowest BCUT2D eigenvalue weighted by Gasteiger charge is -2.38. The first-order valence-electron chi connectivity index (χ1n) is 8.90. The Kier molecular flexibility index (Phi) is 6.21. The van der Waals surface area contributed by atoms with Crippen molar-refractivity contribution in [1.82, 2.24) is 15.2 Å². The van der Waals surface area contributed by atoms with Crippen LogP contribution in [0.2, 0.25) is 0 Å². The van der Waals surface area contributed by atoms with Crippen LogP contribution < -0.4 is 5.32 Å². The largest absolute Gasteiger partial charge is 0.367 e. The SMILES string of the molecule is CCNC(=NCc1cnc(C)s1)N1CC(C)OC(c2ccc(F)cc2)C1. The number of hydrogen-bond donors (Lipinski definition) is 1. The lowest BCUT2D eigenvalue weighted by Crippen LogP contribution is -2.50. The molecule has 0 radical (unpaired) electrons. The third-order valence-corrected chi connectivity index (χ3v) is 5.09. The second-order valence-corrected chi connectivity index (χ2v) is 7.73. The molecule has 0 saturated carbocycles. The molecule has 5 nitrogen and oxygen atoms in total. The number of guanidine groups is 1. The lowest BCUT2D eigenvalue weighted by molar-refractivity contribution is -0.0605. The molecule has 2 unspecified atom stereocenters. The summed E-state index contributed by atoms with van der Waals surface area (Å²) in [5, 5.41) is 4.43. The molecule has 3 rings (SSSR count). The number of thiazole rings is 1. The van der Waals surface area contributed by atoms with E-state index in [4.69, 9.17) is 9.73 Å². The minimum absolute atomic E-state index is 0.0632. The van der Waals surface area contributed by atoms with E-state index in [9.17, 15) is 4.39 Å². The Labute approximate surface area is 157 Å². The zero-order valence-corrected chi connectivity index (χ0v) is 16.2. The van der Waals surface area contributed by atoms with E-state index < -0.39 is 0 Å². The average molecular weight is 377 g/mol. The highest BCUT2D eigenvalue weighted by Gasteiger charge is 2.28. The van der Waals surface area contributed by atoms with Gasteiger partial charge >= 0.3 is 0 Å². The van der Waals surface area contributed by atoms with Crippen molar-refractivity contribution in [2.24, 2.45) is 4.99 Å². The van der Waals surface area contributed by atoms with E-state index in [0.29, 0.717) is 13.1 Å². The monoisotopic (exact) mass is 376 g/mol. The van der Waals surface area contributed by atoms with Crippen LogP contribution in [0.1, 0.15) is 35.4 Å². The predicted octanol–water partition coefficient (Wildman–Crippen LogP) is 3.52. The van der Waals surface area contributed by atoms with Crippen LogP contribution in [0.5, 0.6) is 0 Å². The first-order valence-corrected chi connectivity index (χ1v) is 9.72. The van der Waals surface area contributed by atoms with E-state index in [0.717, 1.165) is 34.5 Å². The maximum absolute atomic E-state index is 13.2. The topological polar surface area (TPSA) is 49.8 Å². The number of aliphatic imine (C=N–C) groups is 1. The molecule has 1 fully saturated rings. The number of morpholine rings is 1. The third kappa shape index (κ3) is 4.80. The van der Waals surface area contributed by atoms with Gasteiger partial charge in [0.25, 0.3) is 0 Å². The fourth-order valence-corrected chi connectivity index (χ4v) is 3.76. The van der Waals surface area contributed by atoms with Crippen molar-refractivity contribution in [3.63, 3.8) is 0 Å². The Hall–Kier alpha value is -1.99. The molecule has 0 aliphatic carbocycles. The smallest absolute Gasteiger partial charge is 0.194 e. The van der Waals surface area contributed by atoms with Crippen molar-refractivity contribution in [2.75, 3.05) is 19.6 Å². The van der Waals surface area contributed by atoms with E-state index in [1.807, 2.05) is 13.1 Å². The molecule has 0 spiro atoms. The Morgan fingerprint density at radius 1 is 1.38 bits per heavy atom. The number of nitrogens with one attached hydrogen (secondary N) is 1. The van der Waals surface area contributed by atoms with Crippen LogP contribution in [-0.2, 0) is 11.3 Å². The van der Waals surface area contributed by atoms with Crippen molar-refractivity contribution >= 4 is 17.3 Å². The van der Waals surface area contributed by atoms with Crippen molar-refractivity contribution in [3.05, 3.63) is 51.7 Å². The Balaban J connectivity index is 1.75. The van der Waals surface area contributed by atoms with E-state index in [1.165, 1.54) is 12.1 Å². The van der Waals surface area contributed by atoms with Crippen molar-refractivity contribution in [2.45, 2.75) is 39.5 Å². The van der Waals surface area contributed by atoms with Gasteiger partial charge in [0.2, 0.25) is 0 Å². The highest BCUT2D eigenvalue weighted by molar-refractivity contribution is 7.11. The second-order valence-electron chi connectivity index (χ2n) is 6.41. The molecule has 1 N–H and O–H groups in total. The number of rotatable bonds is 4. The fraction of sp³-hybridized carbons (Fsp3) is 0.474. The number of ether oxygens (including phenoxy) is 1. The number of hydrogen-bond acceptors (Lipinski definition) is 4.